The molecule has 0 fully saturated rings. The lowest BCUT2D eigenvalue weighted by atomic mass is 10.1. The van der Waals surface area contributed by atoms with Crippen LogP contribution in [0.4, 0.5) is 17.1 Å². The van der Waals surface area contributed by atoms with Gasteiger partial charge in [0.15, 0.2) is 6.61 Å². The van der Waals surface area contributed by atoms with Crippen LogP contribution in [0.1, 0.15) is 10.4 Å². The Balaban J connectivity index is 1.70. The van der Waals surface area contributed by atoms with Crippen LogP contribution in [0.5, 0.6) is 5.75 Å². The molecule has 5 nitrogen and oxygen atoms in total. The average molecular weight is 413 g/mol. The third-order valence-corrected chi connectivity index (χ3v) is 4.67. The second-order valence-corrected chi connectivity index (χ2v) is 6.98. The molecule has 7 heteroatoms. The van der Waals surface area contributed by atoms with E-state index in [1.165, 1.54) is 4.90 Å². The number of fused-ring (bicyclic) bond motifs is 2. The summed E-state index contributed by atoms with van der Waals surface area (Å²) in [4.78, 5) is 27.2. The summed E-state index contributed by atoms with van der Waals surface area (Å²) in [6, 6.07) is 18.8. The lowest BCUT2D eigenvalue weighted by Gasteiger charge is -2.24. The van der Waals surface area contributed by atoms with Crippen molar-refractivity contribution in [2.24, 2.45) is 0 Å². The highest BCUT2D eigenvalue weighted by molar-refractivity contribution is 6.34. The number of hydrogen-bond donors (Lipinski definition) is 1. The zero-order valence-electron chi connectivity index (χ0n) is 14.5. The first kappa shape index (κ1) is 18.3. The number of halogens is 2. The monoisotopic (exact) mass is 412 g/mol. The molecule has 0 spiro atoms. The van der Waals surface area contributed by atoms with E-state index in [-0.39, 0.29) is 18.4 Å². The lowest BCUT2D eigenvalue weighted by Crippen LogP contribution is -2.31. The molecule has 1 aliphatic heterocycles. The van der Waals surface area contributed by atoms with Crippen LogP contribution in [0.25, 0.3) is 0 Å². The van der Waals surface area contributed by atoms with Crippen molar-refractivity contribution in [1.82, 2.24) is 0 Å². The first-order valence-corrected chi connectivity index (χ1v) is 9.20. The molecule has 0 atom stereocenters. The molecule has 4 rings (SSSR count). The van der Waals surface area contributed by atoms with Crippen molar-refractivity contribution in [1.29, 1.82) is 0 Å². The van der Waals surface area contributed by atoms with E-state index < -0.39 is 0 Å². The van der Waals surface area contributed by atoms with Crippen LogP contribution >= 0.6 is 23.2 Å². The van der Waals surface area contributed by atoms with Gasteiger partial charge in [0, 0.05) is 10.0 Å². The predicted octanol–water partition coefficient (Wildman–Crippen LogP) is 5.30. The summed E-state index contributed by atoms with van der Waals surface area (Å²) in [5, 5.41) is 3.67. The fraction of sp³-hybridized carbons (Fsp3) is 0.0476. The van der Waals surface area contributed by atoms with Crippen molar-refractivity contribution < 1.29 is 14.3 Å². The van der Waals surface area contributed by atoms with E-state index in [2.05, 4.69) is 5.32 Å². The predicted molar refractivity (Wildman–Crippen MR) is 110 cm³/mol. The highest BCUT2D eigenvalue weighted by Gasteiger charge is 2.29. The maximum Gasteiger partial charge on any atom is 0.269 e. The number of para-hydroxylation sites is 3. The van der Waals surface area contributed by atoms with Crippen LogP contribution < -0.4 is 15.0 Å². The topological polar surface area (TPSA) is 58.6 Å². The molecule has 0 aliphatic carbocycles. The van der Waals surface area contributed by atoms with Gasteiger partial charge in [0.1, 0.15) is 5.75 Å². The number of carbonyl (C=O) groups excluding carboxylic acids is 2. The average Bonchev–Trinajstić information content (AvgIpc) is 2.79. The number of nitrogens with zero attached hydrogens (tertiary/aromatic N) is 1. The van der Waals surface area contributed by atoms with Gasteiger partial charge in [-0.3, -0.25) is 14.5 Å². The maximum atomic E-state index is 13.1. The Bertz CT molecular complexity index is 1060. The molecule has 1 heterocycles. The number of nitrogens with one attached hydrogen (secondary N) is 1. The summed E-state index contributed by atoms with van der Waals surface area (Å²) < 4.78 is 5.61. The Morgan fingerprint density at radius 2 is 1.57 bits per heavy atom. The molecule has 0 radical (unpaired) electrons. The second kappa shape index (κ2) is 7.54. The Morgan fingerprint density at radius 1 is 0.929 bits per heavy atom. The molecule has 0 aromatic heterocycles. The van der Waals surface area contributed by atoms with Gasteiger partial charge in [-0.15, -0.1) is 0 Å². The van der Waals surface area contributed by atoms with E-state index in [1.54, 1.807) is 66.7 Å². The summed E-state index contributed by atoms with van der Waals surface area (Å²) in [6.45, 7) is -0.256. The standard InChI is InChI=1S/C21H14Cl2N2O3/c22-13-9-14(23)11-15(10-13)28-12-20(26)25-18-7-3-1-5-16(18)21(27)24-17-6-2-4-8-19(17)25/h1-11H,12H2,(H,24,27). The number of carbonyl (C=O) groups is 2. The summed E-state index contributed by atoms with van der Waals surface area (Å²) in [5.41, 5.74) is 2.00. The number of benzene rings is 3. The SMILES string of the molecule is O=C1Nc2ccccc2N(C(=O)COc2cc(Cl)cc(Cl)c2)c2ccccc21. The molecule has 1 N–H and O–H groups in total. The molecule has 0 saturated carbocycles. The van der Waals surface area contributed by atoms with Gasteiger partial charge in [0.05, 0.1) is 22.6 Å². The molecule has 3 aromatic rings. The van der Waals surface area contributed by atoms with Crippen LogP contribution in [0, 0.1) is 0 Å². The first-order valence-electron chi connectivity index (χ1n) is 8.44. The number of ether oxygens (including phenoxy) is 1. The van der Waals surface area contributed by atoms with Gasteiger partial charge in [-0.2, -0.15) is 0 Å². The molecule has 0 bridgehead atoms. The minimum Gasteiger partial charge on any atom is -0.484 e. The van der Waals surface area contributed by atoms with E-state index in [1.807, 2.05) is 0 Å². The molecule has 0 unspecified atom stereocenters. The first-order chi connectivity index (χ1) is 13.5. The summed E-state index contributed by atoms with van der Waals surface area (Å²) in [6.07, 6.45) is 0. The number of anilines is 3. The van der Waals surface area contributed by atoms with Crippen molar-refractivity contribution >= 4 is 52.1 Å². The largest absolute Gasteiger partial charge is 0.484 e. The summed E-state index contributed by atoms with van der Waals surface area (Å²) >= 11 is 12.0. The van der Waals surface area contributed by atoms with Crippen LogP contribution in [-0.4, -0.2) is 18.4 Å². The van der Waals surface area contributed by atoms with Crippen LogP contribution in [0.15, 0.2) is 66.7 Å². The van der Waals surface area contributed by atoms with E-state index in [9.17, 15) is 9.59 Å². The zero-order chi connectivity index (χ0) is 19.7. The second-order valence-electron chi connectivity index (χ2n) is 6.11. The zero-order valence-corrected chi connectivity index (χ0v) is 16.0. The summed E-state index contributed by atoms with van der Waals surface area (Å²) in [7, 11) is 0. The summed E-state index contributed by atoms with van der Waals surface area (Å²) in [5.74, 6) is -0.232. The number of hydrogen-bond acceptors (Lipinski definition) is 3. The van der Waals surface area contributed by atoms with Crippen LogP contribution in [0.2, 0.25) is 10.0 Å². The fourth-order valence-electron chi connectivity index (χ4n) is 3.04. The van der Waals surface area contributed by atoms with Gasteiger partial charge >= 0.3 is 0 Å². The van der Waals surface area contributed by atoms with Crippen molar-refractivity contribution in [3.63, 3.8) is 0 Å². The highest BCUT2D eigenvalue weighted by atomic mass is 35.5. The van der Waals surface area contributed by atoms with Crippen molar-refractivity contribution in [3.05, 3.63) is 82.3 Å². The van der Waals surface area contributed by atoms with Crippen LogP contribution in [-0.2, 0) is 4.79 Å². The lowest BCUT2D eigenvalue weighted by molar-refractivity contribution is -0.119. The van der Waals surface area contributed by atoms with Crippen molar-refractivity contribution in [2.75, 3.05) is 16.8 Å². The van der Waals surface area contributed by atoms with Gasteiger partial charge < -0.3 is 10.1 Å². The van der Waals surface area contributed by atoms with Crippen molar-refractivity contribution in [3.8, 4) is 5.75 Å². The minimum atomic E-state index is -0.340. The van der Waals surface area contributed by atoms with Gasteiger partial charge in [0.25, 0.3) is 11.8 Å². The van der Waals surface area contributed by atoms with E-state index >= 15 is 0 Å². The molecule has 140 valence electrons. The molecule has 1 aliphatic rings. The Kier molecular flexibility index (Phi) is 4.94. The quantitative estimate of drug-likeness (QED) is 0.634. The number of amides is 2. The Labute approximate surface area is 171 Å². The molecule has 2 amide bonds. The molecule has 3 aromatic carbocycles. The van der Waals surface area contributed by atoms with Gasteiger partial charge in [-0.1, -0.05) is 47.5 Å². The molecule has 0 saturated heterocycles. The van der Waals surface area contributed by atoms with Crippen molar-refractivity contribution in [2.45, 2.75) is 0 Å². The minimum absolute atomic E-state index is 0.256. The number of rotatable bonds is 3. The molecule has 28 heavy (non-hydrogen) atoms. The Morgan fingerprint density at radius 3 is 2.32 bits per heavy atom. The molecular weight excluding hydrogens is 399 g/mol. The van der Waals surface area contributed by atoms with Gasteiger partial charge in [-0.25, -0.2) is 0 Å². The van der Waals surface area contributed by atoms with E-state index in [0.29, 0.717) is 38.4 Å². The maximum absolute atomic E-state index is 13.1. The van der Waals surface area contributed by atoms with Crippen LogP contribution in [0.3, 0.4) is 0 Å². The van der Waals surface area contributed by atoms with Gasteiger partial charge in [-0.05, 0) is 42.5 Å². The Hall–Kier alpha value is -3.02. The van der Waals surface area contributed by atoms with E-state index in [4.69, 9.17) is 27.9 Å². The normalized spacial score (nSPS) is 12.5. The van der Waals surface area contributed by atoms with E-state index in [0.717, 1.165) is 0 Å². The third-order valence-electron chi connectivity index (χ3n) is 4.23. The fourth-order valence-corrected chi connectivity index (χ4v) is 3.55. The smallest absolute Gasteiger partial charge is 0.269 e. The molecular formula is C21H14Cl2N2O3. The highest BCUT2D eigenvalue weighted by Crippen LogP contribution is 2.37. The van der Waals surface area contributed by atoms with Gasteiger partial charge in [0.2, 0.25) is 0 Å². The third kappa shape index (κ3) is 3.54.